The van der Waals surface area contributed by atoms with Gasteiger partial charge in [-0.15, -0.1) is 11.3 Å². The summed E-state index contributed by atoms with van der Waals surface area (Å²) in [7, 11) is -3.73. The van der Waals surface area contributed by atoms with Gasteiger partial charge >= 0.3 is 5.97 Å². The first kappa shape index (κ1) is 16.7. The molecule has 23 heavy (non-hydrogen) atoms. The van der Waals surface area contributed by atoms with E-state index in [0.29, 0.717) is 17.1 Å². The van der Waals surface area contributed by atoms with E-state index in [1.165, 1.54) is 15.6 Å². The highest BCUT2D eigenvalue weighted by molar-refractivity contribution is 7.91. The van der Waals surface area contributed by atoms with Crippen LogP contribution in [0.15, 0.2) is 22.4 Å². The first-order chi connectivity index (χ1) is 10.8. The second-order valence-corrected chi connectivity index (χ2v) is 8.98. The van der Waals surface area contributed by atoms with E-state index < -0.39 is 22.0 Å². The van der Waals surface area contributed by atoms with E-state index in [1.807, 2.05) is 0 Å². The highest BCUT2D eigenvalue weighted by Crippen LogP contribution is 2.37. The van der Waals surface area contributed by atoms with Gasteiger partial charge in [0.2, 0.25) is 0 Å². The average molecular weight is 375 g/mol. The maximum absolute atomic E-state index is 12.9. The summed E-state index contributed by atoms with van der Waals surface area (Å²) >= 11 is 7.17. The Bertz CT molecular complexity index is 878. The minimum Gasteiger partial charge on any atom is -0.480 e. The third kappa shape index (κ3) is 2.97. The van der Waals surface area contributed by atoms with E-state index in [2.05, 4.69) is 5.32 Å². The molecule has 0 saturated carbocycles. The molecule has 2 aromatic rings. The molecule has 0 amide bonds. The predicted octanol–water partition coefficient (Wildman–Crippen LogP) is 1.91. The van der Waals surface area contributed by atoms with Gasteiger partial charge in [0.25, 0.3) is 10.0 Å². The molecule has 9 heteroatoms. The van der Waals surface area contributed by atoms with Crippen LogP contribution in [-0.2, 0) is 14.8 Å². The number of rotatable bonds is 3. The van der Waals surface area contributed by atoms with Gasteiger partial charge in [-0.2, -0.15) is 4.31 Å². The Labute approximate surface area is 142 Å². The molecule has 0 spiro atoms. The van der Waals surface area contributed by atoms with Crippen LogP contribution in [0.5, 0.6) is 0 Å². The van der Waals surface area contributed by atoms with Crippen molar-refractivity contribution in [2.45, 2.75) is 17.2 Å². The van der Waals surface area contributed by atoms with Gasteiger partial charge in [0, 0.05) is 29.4 Å². The number of fused-ring (bicyclic) bond motifs is 1. The first-order valence-corrected chi connectivity index (χ1v) is 9.59. The number of piperazine rings is 1. The number of benzene rings is 1. The maximum atomic E-state index is 12.9. The van der Waals surface area contributed by atoms with Crippen molar-refractivity contribution in [1.29, 1.82) is 0 Å². The van der Waals surface area contributed by atoms with Crippen molar-refractivity contribution in [1.82, 2.24) is 9.62 Å². The molecule has 1 aromatic carbocycles. The topological polar surface area (TPSA) is 86.7 Å². The summed E-state index contributed by atoms with van der Waals surface area (Å²) in [6, 6.07) is 4.38. The molecule has 124 valence electrons. The molecule has 1 fully saturated rings. The average Bonchev–Trinajstić information content (AvgIpc) is 2.85. The molecule has 1 aromatic heterocycles. The maximum Gasteiger partial charge on any atom is 0.322 e. The second kappa shape index (κ2) is 6.03. The van der Waals surface area contributed by atoms with Crippen LogP contribution in [0.4, 0.5) is 0 Å². The third-order valence-corrected chi connectivity index (χ3v) is 7.84. The highest BCUT2D eigenvalue weighted by atomic mass is 35.5. The van der Waals surface area contributed by atoms with Crippen LogP contribution in [-0.4, -0.2) is 49.5 Å². The summed E-state index contributed by atoms with van der Waals surface area (Å²) in [5.74, 6) is -1.05. The van der Waals surface area contributed by atoms with Crippen molar-refractivity contribution in [3.05, 3.63) is 28.8 Å². The first-order valence-electron chi connectivity index (χ1n) is 6.95. The summed E-state index contributed by atoms with van der Waals surface area (Å²) in [5.41, 5.74) is 0.651. The standard InChI is InChI=1S/C14H15ClN2O4S2/c1-8-10-6-9(15)2-3-12(10)22-14(8)23(20,21)17-5-4-16-11(7-17)13(18)19/h2-3,6,11,16H,4-5,7H2,1H3,(H,18,19)/t11-/m0/s1. The lowest BCUT2D eigenvalue weighted by atomic mass is 10.2. The number of sulfonamides is 1. The molecule has 1 aliphatic rings. The molecule has 1 saturated heterocycles. The Morgan fingerprint density at radius 2 is 2.22 bits per heavy atom. The van der Waals surface area contributed by atoms with Crippen molar-refractivity contribution in [3.63, 3.8) is 0 Å². The van der Waals surface area contributed by atoms with Crippen molar-refractivity contribution in [2.24, 2.45) is 0 Å². The second-order valence-electron chi connectivity index (χ2n) is 5.36. The highest BCUT2D eigenvalue weighted by Gasteiger charge is 2.35. The molecule has 0 aliphatic carbocycles. The number of halogens is 1. The van der Waals surface area contributed by atoms with Gasteiger partial charge in [-0.1, -0.05) is 11.6 Å². The number of aryl methyl sites for hydroxylation is 1. The van der Waals surface area contributed by atoms with Gasteiger partial charge in [0.15, 0.2) is 0 Å². The van der Waals surface area contributed by atoms with E-state index >= 15 is 0 Å². The number of hydrogen-bond donors (Lipinski definition) is 2. The Hall–Kier alpha value is -1.19. The monoisotopic (exact) mass is 374 g/mol. The zero-order valence-electron chi connectivity index (χ0n) is 12.2. The molecule has 2 N–H and O–H groups in total. The fourth-order valence-corrected chi connectivity index (χ4v) is 6.15. The molecule has 2 heterocycles. The van der Waals surface area contributed by atoms with Crippen molar-refractivity contribution in [3.8, 4) is 0 Å². The van der Waals surface area contributed by atoms with Gasteiger partial charge in [0.05, 0.1) is 0 Å². The SMILES string of the molecule is Cc1c(S(=O)(=O)N2CCN[C@H](C(=O)O)C2)sc2ccc(Cl)cc12. The minimum absolute atomic E-state index is 0.0773. The lowest BCUT2D eigenvalue weighted by molar-refractivity contribution is -0.140. The van der Waals surface area contributed by atoms with Crippen molar-refractivity contribution in [2.75, 3.05) is 19.6 Å². The zero-order chi connectivity index (χ0) is 16.8. The van der Waals surface area contributed by atoms with Gasteiger partial charge < -0.3 is 10.4 Å². The van der Waals surface area contributed by atoms with Crippen LogP contribution in [0, 0.1) is 6.92 Å². The minimum atomic E-state index is -3.73. The van der Waals surface area contributed by atoms with Crippen molar-refractivity contribution < 1.29 is 18.3 Å². The summed E-state index contributed by atoms with van der Waals surface area (Å²) < 4.78 is 28.2. The molecule has 1 atom stereocenters. The lowest BCUT2D eigenvalue weighted by Gasteiger charge is -2.30. The molecule has 1 aliphatic heterocycles. The number of carboxylic acids is 1. The van der Waals surface area contributed by atoms with Crippen LogP contribution in [0.2, 0.25) is 5.02 Å². The van der Waals surface area contributed by atoms with Crippen LogP contribution < -0.4 is 5.32 Å². The van der Waals surface area contributed by atoms with Gasteiger partial charge in [-0.3, -0.25) is 4.79 Å². The number of aliphatic carboxylic acids is 1. The Morgan fingerprint density at radius 3 is 2.91 bits per heavy atom. The zero-order valence-corrected chi connectivity index (χ0v) is 14.6. The summed E-state index contributed by atoms with van der Waals surface area (Å²) in [6.45, 7) is 2.23. The summed E-state index contributed by atoms with van der Waals surface area (Å²) in [4.78, 5) is 11.1. The van der Waals surface area contributed by atoms with Crippen LogP contribution in [0.1, 0.15) is 5.56 Å². The fraction of sp³-hybridized carbons (Fsp3) is 0.357. The molecular formula is C14H15ClN2O4S2. The number of nitrogens with zero attached hydrogens (tertiary/aromatic N) is 1. The van der Waals surface area contributed by atoms with E-state index in [-0.39, 0.29) is 17.3 Å². The van der Waals surface area contributed by atoms with Crippen LogP contribution >= 0.6 is 22.9 Å². The summed E-state index contributed by atoms with van der Waals surface area (Å²) in [6.07, 6.45) is 0. The normalized spacial score (nSPS) is 20.0. The molecule has 0 unspecified atom stereocenters. The van der Waals surface area contributed by atoms with Gasteiger partial charge in [-0.05, 0) is 36.1 Å². The van der Waals surface area contributed by atoms with Gasteiger partial charge in [-0.25, -0.2) is 8.42 Å². The van der Waals surface area contributed by atoms with Crippen molar-refractivity contribution >= 4 is 49.0 Å². The smallest absolute Gasteiger partial charge is 0.322 e. The molecule has 6 nitrogen and oxygen atoms in total. The third-order valence-electron chi connectivity index (χ3n) is 3.86. The molecule has 0 bridgehead atoms. The Balaban J connectivity index is 2.03. The number of nitrogens with one attached hydrogen (secondary N) is 1. The Kier molecular flexibility index (Phi) is 4.37. The lowest BCUT2D eigenvalue weighted by Crippen LogP contribution is -2.55. The van der Waals surface area contributed by atoms with E-state index in [0.717, 1.165) is 10.1 Å². The largest absolute Gasteiger partial charge is 0.480 e. The summed E-state index contributed by atoms with van der Waals surface area (Å²) in [5, 5.41) is 13.3. The number of thiophene rings is 1. The number of hydrogen-bond acceptors (Lipinski definition) is 5. The predicted molar refractivity (Wildman–Crippen MR) is 89.8 cm³/mol. The molecule has 0 radical (unpaired) electrons. The molecular weight excluding hydrogens is 360 g/mol. The quantitative estimate of drug-likeness (QED) is 0.857. The fourth-order valence-electron chi connectivity index (χ4n) is 2.64. The van der Waals surface area contributed by atoms with Gasteiger partial charge in [0.1, 0.15) is 10.3 Å². The van der Waals surface area contributed by atoms with E-state index in [4.69, 9.17) is 16.7 Å². The van der Waals surface area contributed by atoms with Crippen LogP contribution in [0.3, 0.4) is 0 Å². The van der Waals surface area contributed by atoms with E-state index in [9.17, 15) is 13.2 Å². The molecule has 3 rings (SSSR count). The number of carboxylic acid groups (broad SMARTS) is 1. The van der Waals surface area contributed by atoms with E-state index in [1.54, 1.807) is 25.1 Å². The Morgan fingerprint density at radius 1 is 1.48 bits per heavy atom. The van der Waals surface area contributed by atoms with Crippen LogP contribution in [0.25, 0.3) is 10.1 Å². The number of carbonyl (C=O) groups is 1.